The molecule has 0 bridgehead atoms. The van der Waals surface area contributed by atoms with E-state index in [9.17, 15) is 14.7 Å². The highest BCUT2D eigenvalue weighted by molar-refractivity contribution is 6.40. The SMILES string of the molecule is CC(C)C(N)C(=O)N(C)[C@H]1CN[C@@](CCCCB(O)O)(C(=O)O)C1. The van der Waals surface area contributed by atoms with Gasteiger partial charge in [0.15, 0.2) is 0 Å². The minimum Gasteiger partial charge on any atom is -0.480 e. The quantitative estimate of drug-likeness (QED) is 0.275. The lowest BCUT2D eigenvalue weighted by atomic mass is 9.81. The third-order valence-electron chi connectivity index (χ3n) is 4.88. The highest BCUT2D eigenvalue weighted by Gasteiger charge is 2.46. The van der Waals surface area contributed by atoms with Crippen LogP contribution in [0.1, 0.15) is 39.5 Å². The van der Waals surface area contributed by atoms with Gasteiger partial charge in [0.2, 0.25) is 5.91 Å². The number of nitrogens with one attached hydrogen (secondary N) is 1. The second kappa shape index (κ2) is 8.80. The van der Waals surface area contributed by atoms with E-state index >= 15 is 0 Å². The lowest BCUT2D eigenvalue weighted by molar-refractivity contribution is -0.145. The monoisotopic (exact) mass is 343 g/mol. The molecule has 0 aromatic carbocycles. The van der Waals surface area contributed by atoms with E-state index in [1.807, 2.05) is 13.8 Å². The van der Waals surface area contributed by atoms with Gasteiger partial charge in [-0.05, 0) is 25.1 Å². The van der Waals surface area contributed by atoms with Gasteiger partial charge in [-0.2, -0.15) is 0 Å². The first-order chi connectivity index (χ1) is 11.1. The molecule has 1 aliphatic rings. The van der Waals surface area contributed by atoms with Crippen LogP contribution in [0.2, 0.25) is 6.32 Å². The number of carbonyl (C=O) groups excluding carboxylic acids is 1. The minimum atomic E-state index is -1.36. The molecule has 9 heteroatoms. The zero-order valence-electron chi connectivity index (χ0n) is 14.7. The molecule has 0 saturated carbocycles. The molecular weight excluding hydrogens is 313 g/mol. The molecule has 6 N–H and O–H groups in total. The van der Waals surface area contributed by atoms with Crippen molar-refractivity contribution in [3.63, 3.8) is 0 Å². The summed E-state index contributed by atoms with van der Waals surface area (Å²) >= 11 is 0. The molecule has 24 heavy (non-hydrogen) atoms. The van der Waals surface area contributed by atoms with Crippen molar-refractivity contribution in [2.24, 2.45) is 11.7 Å². The number of rotatable bonds is 9. The number of hydrogen-bond donors (Lipinski definition) is 5. The van der Waals surface area contributed by atoms with Crippen molar-refractivity contribution in [2.45, 2.75) is 63.5 Å². The Hall–Kier alpha value is -1.16. The van der Waals surface area contributed by atoms with Crippen LogP contribution in [0.15, 0.2) is 0 Å². The van der Waals surface area contributed by atoms with Crippen LogP contribution in [-0.2, 0) is 9.59 Å². The van der Waals surface area contributed by atoms with Crippen LogP contribution in [0.5, 0.6) is 0 Å². The number of carboxylic acid groups (broad SMARTS) is 1. The molecule has 0 radical (unpaired) electrons. The summed E-state index contributed by atoms with van der Waals surface area (Å²) in [5, 5.41) is 30.4. The number of carboxylic acids is 1. The Balaban J connectivity index is 2.66. The Labute approximate surface area is 143 Å². The number of nitrogens with zero attached hydrogens (tertiary/aromatic N) is 1. The fourth-order valence-corrected chi connectivity index (χ4v) is 3.05. The number of carbonyl (C=O) groups is 2. The molecule has 138 valence electrons. The molecule has 1 saturated heterocycles. The maximum atomic E-state index is 12.4. The van der Waals surface area contributed by atoms with Crippen molar-refractivity contribution in [2.75, 3.05) is 13.6 Å². The maximum Gasteiger partial charge on any atom is 0.451 e. The van der Waals surface area contributed by atoms with Crippen LogP contribution in [-0.4, -0.2) is 70.3 Å². The summed E-state index contributed by atoms with van der Waals surface area (Å²) in [6.45, 7) is 4.16. The fraction of sp³-hybridized carbons (Fsp3) is 0.867. The number of likely N-dealkylation sites (N-methyl/N-ethyl adjacent to an activating group) is 1. The predicted octanol–water partition coefficient (Wildman–Crippen LogP) is -0.743. The van der Waals surface area contributed by atoms with Crippen LogP contribution in [0.4, 0.5) is 0 Å². The summed E-state index contributed by atoms with van der Waals surface area (Å²) in [6, 6.07) is -0.817. The Kier molecular flexibility index (Phi) is 7.66. The van der Waals surface area contributed by atoms with E-state index in [1.165, 1.54) is 0 Å². The zero-order valence-corrected chi connectivity index (χ0v) is 14.7. The molecule has 1 amide bonds. The van der Waals surface area contributed by atoms with Crippen LogP contribution in [0, 0.1) is 5.92 Å². The lowest BCUT2D eigenvalue weighted by Gasteiger charge is -2.30. The molecule has 1 fully saturated rings. The van der Waals surface area contributed by atoms with Gasteiger partial charge < -0.3 is 25.8 Å². The van der Waals surface area contributed by atoms with Gasteiger partial charge in [-0.15, -0.1) is 0 Å². The van der Waals surface area contributed by atoms with E-state index in [-0.39, 0.29) is 24.2 Å². The fourth-order valence-electron chi connectivity index (χ4n) is 3.05. The third kappa shape index (κ3) is 5.17. The second-order valence-corrected chi connectivity index (χ2v) is 7.07. The van der Waals surface area contributed by atoms with Crippen molar-refractivity contribution in [3.05, 3.63) is 0 Å². The lowest BCUT2D eigenvalue weighted by Crippen LogP contribution is -2.49. The van der Waals surface area contributed by atoms with E-state index in [0.29, 0.717) is 32.2 Å². The van der Waals surface area contributed by atoms with Gasteiger partial charge in [-0.3, -0.25) is 14.9 Å². The summed E-state index contributed by atoms with van der Waals surface area (Å²) in [5.74, 6) is -1.10. The van der Waals surface area contributed by atoms with Crippen molar-refractivity contribution < 1.29 is 24.7 Å². The number of unbranched alkanes of at least 4 members (excludes halogenated alkanes) is 1. The van der Waals surface area contributed by atoms with E-state index in [0.717, 1.165) is 0 Å². The average Bonchev–Trinajstić information content (AvgIpc) is 2.95. The van der Waals surface area contributed by atoms with E-state index < -0.39 is 24.7 Å². The first-order valence-electron chi connectivity index (χ1n) is 8.47. The summed E-state index contributed by atoms with van der Waals surface area (Å²) in [7, 11) is 0.299. The van der Waals surface area contributed by atoms with Crippen LogP contribution in [0.25, 0.3) is 0 Å². The Morgan fingerprint density at radius 1 is 1.38 bits per heavy atom. The highest BCUT2D eigenvalue weighted by Crippen LogP contribution is 2.29. The first kappa shape index (κ1) is 20.9. The second-order valence-electron chi connectivity index (χ2n) is 7.07. The molecule has 1 aliphatic heterocycles. The molecule has 8 nitrogen and oxygen atoms in total. The topological polar surface area (TPSA) is 136 Å². The molecule has 1 heterocycles. The van der Waals surface area contributed by atoms with Crippen molar-refractivity contribution >= 4 is 19.0 Å². The van der Waals surface area contributed by atoms with Crippen LogP contribution < -0.4 is 11.1 Å². The zero-order chi connectivity index (χ0) is 18.5. The molecule has 1 rings (SSSR count). The molecule has 0 spiro atoms. The van der Waals surface area contributed by atoms with E-state index in [2.05, 4.69) is 5.32 Å². The summed E-state index contributed by atoms with van der Waals surface area (Å²) in [4.78, 5) is 25.7. The van der Waals surface area contributed by atoms with E-state index in [1.54, 1.807) is 11.9 Å². The Morgan fingerprint density at radius 3 is 2.50 bits per heavy atom. The molecule has 0 aliphatic carbocycles. The molecule has 3 atom stereocenters. The van der Waals surface area contributed by atoms with E-state index in [4.69, 9.17) is 15.8 Å². The predicted molar refractivity (Wildman–Crippen MR) is 91.2 cm³/mol. The smallest absolute Gasteiger partial charge is 0.451 e. The average molecular weight is 343 g/mol. The minimum absolute atomic E-state index is 0.0171. The number of amides is 1. The molecule has 1 unspecified atom stereocenters. The van der Waals surface area contributed by atoms with Crippen LogP contribution in [0.3, 0.4) is 0 Å². The number of nitrogens with two attached hydrogens (primary N) is 1. The Morgan fingerprint density at radius 2 is 2.00 bits per heavy atom. The first-order valence-corrected chi connectivity index (χ1v) is 8.47. The summed E-state index contributed by atoms with van der Waals surface area (Å²) < 4.78 is 0. The Bertz CT molecular complexity index is 449. The van der Waals surface area contributed by atoms with Gasteiger partial charge >= 0.3 is 13.1 Å². The molecular formula is C15H30BN3O5. The highest BCUT2D eigenvalue weighted by atomic mass is 16.4. The standard InChI is InChI=1S/C15H30BN3O5/c1-10(2)12(17)13(20)19(3)11-8-15(14(21)22,18-9-11)6-4-5-7-16(23)24/h10-12,18,23-24H,4-9,17H2,1-3H3,(H,21,22)/t11-,12?,15-/m1/s1. The van der Waals surface area contributed by atoms with Gasteiger partial charge in [-0.1, -0.05) is 26.7 Å². The number of hydrogen-bond acceptors (Lipinski definition) is 6. The third-order valence-corrected chi connectivity index (χ3v) is 4.88. The summed E-state index contributed by atoms with van der Waals surface area (Å²) in [5.41, 5.74) is 4.83. The van der Waals surface area contributed by atoms with Gasteiger partial charge in [0.05, 0.1) is 6.04 Å². The van der Waals surface area contributed by atoms with Gasteiger partial charge in [0.1, 0.15) is 5.54 Å². The van der Waals surface area contributed by atoms with Crippen molar-refractivity contribution in [1.82, 2.24) is 10.2 Å². The molecule has 0 aromatic rings. The number of aliphatic carboxylic acids is 1. The van der Waals surface area contributed by atoms with Crippen LogP contribution >= 0.6 is 0 Å². The maximum absolute atomic E-state index is 12.4. The van der Waals surface area contributed by atoms with Crippen molar-refractivity contribution in [3.8, 4) is 0 Å². The largest absolute Gasteiger partial charge is 0.480 e. The normalized spacial score (nSPS) is 24.9. The molecule has 0 aromatic heterocycles. The van der Waals surface area contributed by atoms with Gasteiger partial charge in [0, 0.05) is 19.6 Å². The summed E-state index contributed by atoms with van der Waals surface area (Å²) in [6.07, 6.45) is 2.01. The van der Waals surface area contributed by atoms with Gasteiger partial charge in [0.25, 0.3) is 0 Å². The van der Waals surface area contributed by atoms with Crippen molar-refractivity contribution in [1.29, 1.82) is 0 Å². The van der Waals surface area contributed by atoms with Gasteiger partial charge in [-0.25, -0.2) is 0 Å².